The minimum absolute atomic E-state index is 0.0332. The van der Waals surface area contributed by atoms with Gasteiger partial charge in [-0.15, -0.1) is 0 Å². The fourth-order valence-electron chi connectivity index (χ4n) is 2.43. The van der Waals surface area contributed by atoms with E-state index in [1.165, 1.54) is 7.11 Å². The molecule has 2 rings (SSSR count). The van der Waals surface area contributed by atoms with Crippen LogP contribution in [0.3, 0.4) is 0 Å². The molecular weight excluding hydrogens is 360 g/mol. The number of urea groups is 1. The van der Waals surface area contributed by atoms with Gasteiger partial charge >= 0.3 is 18.0 Å². The van der Waals surface area contributed by atoms with Crippen LogP contribution in [0.4, 0.5) is 10.5 Å². The summed E-state index contributed by atoms with van der Waals surface area (Å²) in [6.07, 6.45) is 0. The van der Waals surface area contributed by atoms with Gasteiger partial charge in [0.15, 0.2) is 0 Å². The predicted octanol–water partition coefficient (Wildman–Crippen LogP) is 3.36. The molecule has 0 aliphatic heterocycles. The highest BCUT2D eigenvalue weighted by molar-refractivity contribution is 5.92. The number of hydrogen-bond acceptors (Lipinski definition) is 5. The molecule has 7 nitrogen and oxygen atoms in total. The molecular formula is C21H24N2O5. The molecule has 0 spiro atoms. The Kier molecular flexibility index (Phi) is 7.56. The number of rotatable bonds is 7. The summed E-state index contributed by atoms with van der Waals surface area (Å²) in [5.41, 5.74) is 1.76. The van der Waals surface area contributed by atoms with Crippen molar-refractivity contribution in [1.29, 1.82) is 0 Å². The van der Waals surface area contributed by atoms with Crippen LogP contribution < -0.4 is 10.6 Å². The molecule has 28 heavy (non-hydrogen) atoms. The maximum Gasteiger partial charge on any atom is 0.337 e. The van der Waals surface area contributed by atoms with E-state index >= 15 is 0 Å². The number of anilines is 1. The highest BCUT2D eigenvalue weighted by Gasteiger charge is 2.25. The van der Waals surface area contributed by atoms with E-state index in [4.69, 9.17) is 4.74 Å². The van der Waals surface area contributed by atoms with Crippen molar-refractivity contribution >= 4 is 23.7 Å². The zero-order valence-corrected chi connectivity index (χ0v) is 16.1. The van der Waals surface area contributed by atoms with Crippen LogP contribution in [0.5, 0.6) is 0 Å². The van der Waals surface area contributed by atoms with Crippen LogP contribution in [0, 0.1) is 5.92 Å². The lowest BCUT2D eigenvalue weighted by Crippen LogP contribution is -2.47. The van der Waals surface area contributed by atoms with E-state index in [1.54, 1.807) is 48.5 Å². The lowest BCUT2D eigenvalue weighted by atomic mass is 10.1. The van der Waals surface area contributed by atoms with E-state index in [0.29, 0.717) is 11.3 Å². The molecule has 0 saturated carbocycles. The van der Waals surface area contributed by atoms with Crippen LogP contribution in [-0.4, -0.2) is 31.1 Å². The quantitative estimate of drug-likeness (QED) is 0.714. The average Bonchev–Trinajstić information content (AvgIpc) is 2.70. The van der Waals surface area contributed by atoms with Gasteiger partial charge in [-0.05, 0) is 35.7 Å². The Labute approximate surface area is 164 Å². The van der Waals surface area contributed by atoms with E-state index < -0.39 is 24.0 Å². The standard InChI is InChI=1S/C21H24N2O5/c1-14(2)18(23-21(26)22-17-7-5-4-6-8-17)20(25)28-13-15-9-11-16(12-10-15)19(24)27-3/h4-12,14,18H,13H2,1-3H3,(H2,22,23,26)/t18-/m1/s1. The second-order valence-corrected chi connectivity index (χ2v) is 6.48. The number of carbonyl (C=O) groups excluding carboxylic acids is 3. The topological polar surface area (TPSA) is 93.7 Å². The van der Waals surface area contributed by atoms with Crippen LogP contribution in [0.25, 0.3) is 0 Å². The third kappa shape index (κ3) is 6.12. The van der Waals surface area contributed by atoms with E-state index in [2.05, 4.69) is 15.4 Å². The van der Waals surface area contributed by atoms with Crippen LogP contribution in [0.15, 0.2) is 54.6 Å². The highest BCUT2D eigenvalue weighted by Crippen LogP contribution is 2.11. The van der Waals surface area contributed by atoms with Gasteiger partial charge in [-0.25, -0.2) is 14.4 Å². The van der Waals surface area contributed by atoms with Crippen molar-refractivity contribution in [3.05, 3.63) is 65.7 Å². The summed E-state index contributed by atoms with van der Waals surface area (Å²) in [6, 6.07) is 14.2. The molecule has 0 aliphatic carbocycles. The number of amides is 2. The van der Waals surface area contributed by atoms with Crippen LogP contribution in [0.2, 0.25) is 0 Å². The molecule has 0 bridgehead atoms. The normalized spacial score (nSPS) is 11.4. The third-order valence-corrected chi connectivity index (χ3v) is 3.99. The van der Waals surface area contributed by atoms with Gasteiger partial charge in [0.25, 0.3) is 0 Å². The van der Waals surface area contributed by atoms with Crippen molar-refractivity contribution < 1.29 is 23.9 Å². The number of hydrogen-bond donors (Lipinski definition) is 2. The Balaban J connectivity index is 1.91. The maximum absolute atomic E-state index is 12.4. The fraction of sp³-hybridized carbons (Fsp3) is 0.286. The number of ether oxygens (including phenoxy) is 2. The molecule has 0 aromatic heterocycles. The average molecular weight is 384 g/mol. The van der Waals surface area contributed by atoms with Gasteiger partial charge in [0.2, 0.25) is 0 Å². The number of esters is 2. The van der Waals surface area contributed by atoms with Crippen molar-refractivity contribution in [2.75, 3.05) is 12.4 Å². The zero-order chi connectivity index (χ0) is 20.5. The molecule has 148 valence electrons. The Bertz CT molecular complexity index is 803. The summed E-state index contributed by atoms with van der Waals surface area (Å²) in [7, 11) is 1.31. The Morgan fingerprint density at radius 1 is 0.964 bits per heavy atom. The SMILES string of the molecule is COC(=O)c1ccc(COC(=O)[C@H](NC(=O)Nc2ccccc2)C(C)C)cc1. The third-order valence-electron chi connectivity index (χ3n) is 3.99. The van der Waals surface area contributed by atoms with E-state index in [0.717, 1.165) is 5.56 Å². The van der Waals surface area contributed by atoms with Gasteiger partial charge in [-0.3, -0.25) is 0 Å². The first kappa shape index (κ1) is 21.0. The van der Waals surface area contributed by atoms with Crippen LogP contribution >= 0.6 is 0 Å². The molecule has 0 aliphatic rings. The van der Waals surface area contributed by atoms with Crippen molar-refractivity contribution in [2.24, 2.45) is 5.92 Å². The molecule has 0 unspecified atom stereocenters. The highest BCUT2D eigenvalue weighted by atomic mass is 16.5. The first-order valence-corrected chi connectivity index (χ1v) is 8.87. The first-order valence-electron chi connectivity index (χ1n) is 8.87. The summed E-state index contributed by atoms with van der Waals surface area (Å²) >= 11 is 0. The second-order valence-electron chi connectivity index (χ2n) is 6.48. The lowest BCUT2D eigenvalue weighted by molar-refractivity contribution is -0.148. The van der Waals surface area contributed by atoms with Crippen molar-refractivity contribution in [3.63, 3.8) is 0 Å². The molecule has 0 heterocycles. The van der Waals surface area contributed by atoms with Gasteiger partial charge in [0.1, 0.15) is 12.6 Å². The van der Waals surface area contributed by atoms with Gasteiger partial charge in [-0.1, -0.05) is 44.2 Å². The molecule has 2 amide bonds. The minimum atomic E-state index is -0.793. The molecule has 2 N–H and O–H groups in total. The smallest absolute Gasteiger partial charge is 0.337 e. The summed E-state index contributed by atoms with van der Waals surface area (Å²) in [4.78, 5) is 36.0. The monoisotopic (exact) mass is 384 g/mol. The number of carbonyl (C=O) groups is 3. The molecule has 1 atom stereocenters. The molecule has 2 aromatic rings. The van der Waals surface area contributed by atoms with Gasteiger partial charge in [-0.2, -0.15) is 0 Å². The van der Waals surface area contributed by atoms with Crippen LogP contribution in [0.1, 0.15) is 29.8 Å². The van der Waals surface area contributed by atoms with Gasteiger partial charge in [0.05, 0.1) is 12.7 Å². The maximum atomic E-state index is 12.4. The molecule has 2 aromatic carbocycles. The number of nitrogens with one attached hydrogen (secondary N) is 2. The minimum Gasteiger partial charge on any atom is -0.465 e. The summed E-state index contributed by atoms with van der Waals surface area (Å²) in [5, 5.41) is 5.32. The molecule has 0 saturated heterocycles. The van der Waals surface area contributed by atoms with Crippen molar-refractivity contribution in [1.82, 2.24) is 5.32 Å². The Morgan fingerprint density at radius 2 is 1.61 bits per heavy atom. The summed E-state index contributed by atoms with van der Waals surface area (Å²) in [5.74, 6) is -1.12. The Morgan fingerprint density at radius 3 is 2.18 bits per heavy atom. The van der Waals surface area contributed by atoms with E-state index in [-0.39, 0.29) is 12.5 Å². The Hall–Kier alpha value is -3.35. The molecule has 7 heteroatoms. The summed E-state index contributed by atoms with van der Waals surface area (Å²) < 4.78 is 9.97. The molecule has 0 radical (unpaired) electrons. The molecule has 0 fully saturated rings. The summed E-state index contributed by atoms with van der Waals surface area (Å²) in [6.45, 7) is 3.67. The number of para-hydroxylation sites is 1. The van der Waals surface area contributed by atoms with E-state index in [9.17, 15) is 14.4 Å². The zero-order valence-electron chi connectivity index (χ0n) is 16.1. The van der Waals surface area contributed by atoms with Gasteiger partial charge in [0, 0.05) is 5.69 Å². The van der Waals surface area contributed by atoms with E-state index in [1.807, 2.05) is 19.9 Å². The first-order chi connectivity index (χ1) is 13.4. The largest absolute Gasteiger partial charge is 0.465 e. The second kappa shape index (κ2) is 10.1. The van der Waals surface area contributed by atoms with Gasteiger partial charge < -0.3 is 20.1 Å². The van der Waals surface area contributed by atoms with Crippen molar-refractivity contribution in [3.8, 4) is 0 Å². The number of benzene rings is 2. The lowest BCUT2D eigenvalue weighted by Gasteiger charge is -2.21. The van der Waals surface area contributed by atoms with Crippen molar-refractivity contribution in [2.45, 2.75) is 26.5 Å². The fourth-order valence-corrected chi connectivity index (χ4v) is 2.43. The van der Waals surface area contributed by atoms with Crippen LogP contribution in [-0.2, 0) is 20.9 Å². The number of methoxy groups -OCH3 is 1. The predicted molar refractivity (Wildman–Crippen MR) is 105 cm³/mol.